The SMILES string of the molecule is CC(OCC1CCCCO1)C(=O)NCCC(=O)Nc1ccc(Br)cc1. The maximum absolute atomic E-state index is 12.0. The molecule has 2 unspecified atom stereocenters. The molecule has 7 heteroatoms. The lowest BCUT2D eigenvalue weighted by atomic mass is 10.1. The number of ether oxygens (including phenoxy) is 2. The second-order valence-corrected chi connectivity index (χ2v) is 6.98. The van der Waals surface area contributed by atoms with Crippen LogP contribution in [0.2, 0.25) is 0 Å². The molecule has 0 radical (unpaired) electrons. The molecular weight excluding hydrogens is 388 g/mol. The van der Waals surface area contributed by atoms with Crippen LogP contribution in [0.4, 0.5) is 5.69 Å². The van der Waals surface area contributed by atoms with E-state index in [1.54, 1.807) is 6.92 Å². The van der Waals surface area contributed by atoms with E-state index in [9.17, 15) is 9.59 Å². The largest absolute Gasteiger partial charge is 0.376 e. The minimum Gasteiger partial charge on any atom is -0.376 e. The van der Waals surface area contributed by atoms with Gasteiger partial charge in [0.15, 0.2) is 0 Å². The number of halogens is 1. The number of nitrogens with one attached hydrogen (secondary N) is 2. The minimum absolute atomic E-state index is 0.0840. The molecule has 0 bridgehead atoms. The third-order valence-electron chi connectivity index (χ3n) is 3.95. The van der Waals surface area contributed by atoms with Gasteiger partial charge in [-0.05, 0) is 50.5 Å². The predicted molar refractivity (Wildman–Crippen MR) is 99.4 cm³/mol. The van der Waals surface area contributed by atoms with Crippen molar-refractivity contribution in [3.63, 3.8) is 0 Å². The highest BCUT2D eigenvalue weighted by Crippen LogP contribution is 2.14. The number of carbonyl (C=O) groups excluding carboxylic acids is 2. The molecular formula is C18H25BrN2O4. The zero-order chi connectivity index (χ0) is 18.1. The average molecular weight is 413 g/mol. The third kappa shape index (κ3) is 7.54. The molecule has 0 aromatic heterocycles. The summed E-state index contributed by atoms with van der Waals surface area (Å²) in [5.41, 5.74) is 0.726. The van der Waals surface area contributed by atoms with E-state index in [2.05, 4.69) is 26.6 Å². The van der Waals surface area contributed by atoms with Crippen LogP contribution in [-0.2, 0) is 19.1 Å². The lowest BCUT2D eigenvalue weighted by Gasteiger charge is -2.23. The number of anilines is 1. The van der Waals surface area contributed by atoms with E-state index >= 15 is 0 Å². The Morgan fingerprint density at radius 1 is 1.32 bits per heavy atom. The van der Waals surface area contributed by atoms with Gasteiger partial charge in [-0.1, -0.05) is 15.9 Å². The van der Waals surface area contributed by atoms with E-state index in [1.165, 1.54) is 0 Å². The maximum Gasteiger partial charge on any atom is 0.248 e. The quantitative estimate of drug-likeness (QED) is 0.687. The smallest absolute Gasteiger partial charge is 0.248 e. The predicted octanol–water partition coefficient (Wildman–Crippen LogP) is 2.87. The first-order valence-corrected chi connectivity index (χ1v) is 9.40. The van der Waals surface area contributed by atoms with Crippen molar-refractivity contribution in [2.75, 3.05) is 25.1 Å². The first-order chi connectivity index (χ1) is 12.0. The summed E-state index contributed by atoms with van der Waals surface area (Å²) in [5.74, 6) is -0.362. The first-order valence-electron chi connectivity index (χ1n) is 8.61. The Morgan fingerprint density at radius 2 is 2.08 bits per heavy atom. The summed E-state index contributed by atoms with van der Waals surface area (Å²) in [7, 11) is 0. The highest BCUT2D eigenvalue weighted by molar-refractivity contribution is 9.10. The molecule has 1 aromatic carbocycles. The number of carbonyl (C=O) groups is 2. The molecule has 0 spiro atoms. The van der Waals surface area contributed by atoms with Crippen molar-refractivity contribution in [3.8, 4) is 0 Å². The standard InChI is InChI=1S/C18H25BrN2O4/c1-13(25-12-16-4-2-3-11-24-16)18(23)20-10-9-17(22)21-15-7-5-14(19)6-8-15/h5-8,13,16H,2-4,9-12H2,1H3,(H,20,23)(H,21,22). The van der Waals surface area contributed by atoms with Crippen molar-refractivity contribution in [1.82, 2.24) is 5.32 Å². The lowest BCUT2D eigenvalue weighted by molar-refractivity contribution is -0.135. The van der Waals surface area contributed by atoms with Gasteiger partial charge in [0.05, 0.1) is 12.7 Å². The van der Waals surface area contributed by atoms with Crippen molar-refractivity contribution in [1.29, 1.82) is 0 Å². The van der Waals surface area contributed by atoms with Crippen LogP contribution in [-0.4, -0.2) is 43.8 Å². The van der Waals surface area contributed by atoms with E-state index in [0.717, 1.165) is 36.0 Å². The van der Waals surface area contributed by atoms with Crippen LogP contribution < -0.4 is 10.6 Å². The Balaban J connectivity index is 1.60. The number of amides is 2. The molecule has 0 aliphatic carbocycles. The van der Waals surface area contributed by atoms with Gasteiger partial charge in [-0.25, -0.2) is 0 Å². The number of benzene rings is 1. The molecule has 6 nitrogen and oxygen atoms in total. The Bertz CT molecular complexity index is 559. The molecule has 2 rings (SSSR count). The van der Waals surface area contributed by atoms with Crippen molar-refractivity contribution >= 4 is 33.4 Å². The molecule has 2 amide bonds. The third-order valence-corrected chi connectivity index (χ3v) is 4.48. The zero-order valence-corrected chi connectivity index (χ0v) is 16.0. The van der Waals surface area contributed by atoms with Crippen molar-refractivity contribution in [2.45, 2.75) is 44.8 Å². The normalized spacial score (nSPS) is 18.4. The van der Waals surface area contributed by atoms with Gasteiger partial charge in [0.2, 0.25) is 11.8 Å². The second-order valence-electron chi connectivity index (χ2n) is 6.06. The molecule has 1 saturated heterocycles. The maximum atomic E-state index is 12.0. The van der Waals surface area contributed by atoms with Gasteiger partial charge in [0, 0.05) is 29.7 Å². The highest BCUT2D eigenvalue weighted by atomic mass is 79.9. The molecule has 1 heterocycles. The molecule has 1 aromatic rings. The van der Waals surface area contributed by atoms with E-state index in [0.29, 0.717) is 6.61 Å². The minimum atomic E-state index is -0.555. The zero-order valence-electron chi connectivity index (χ0n) is 14.4. The fourth-order valence-corrected chi connectivity index (χ4v) is 2.73. The first kappa shape index (κ1) is 19.9. The Kier molecular flexibility index (Phi) is 8.37. The summed E-state index contributed by atoms with van der Waals surface area (Å²) < 4.78 is 12.1. The summed E-state index contributed by atoms with van der Waals surface area (Å²) in [6, 6.07) is 7.33. The molecule has 25 heavy (non-hydrogen) atoms. The average Bonchev–Trinajstić information content (AvgIpc) is 2.62. The number of hydrogen-bond donors (Lipinski definition) is 2. The van der Waals surface area contributed by atoms with Gasteiger partial charge in [-0.3, -0.25) is 9.59 Å². The Labute approximate surface area is 156 Å². The lowest BCUT2D eigenvalue weighted by Crippen LogP contribution is -2.38. The molecule has 2 atom stereocenters. The van der Waals surface area contributed by atoms with E-state index in [4.69, 9.17) is 9.47 Å². The molecule has 2 N–H and O–H groups in total. The summed E-state index contributed by atoms with van der Waals surface area (Å²) in [5, 5.41) is 5.50. The summed E-state index contributed by atoms with van der Waals surface area (Å²) in [6.07, 6.45) is 2.95. The fourth-order valence-electron chi connectivity index (χ4n) is 2.47. The molecule has 1 aliphatic heterocycles. The van der Waals surface area contributed by atoms with Gasteiger partial charge in [-0.2, -0.15) is 0 Å². The monoisotopic (exact) mass is 412 g/mol. The van der Waals surface area contributed by atoms with Crippen LogP contribution in [0.3, 0.4) is 0 Å². The molecule has 1 fully saturated rings. The van der Waals surface area contributed by atoms with Crippen LogP contribution in [0, 0.1) is 0 Å². The topological polar surface area (TPSA) is 76.7 Å². The summed E-state index contributed by atoms with van der Waals surface area (Å²) in [6.45, 7) is 3.18. The van der Waals surface area contributed by atoms with Gasteiger partial charge < -0.3 is 20.1 Å². The van der Waals surface area contributed by atoms with Crippen LogP contribution >= 0.6 is 15.9 Å². The molecule has 0 saturated carbocycles. The van der Waals surface area contributed by atoms with E-state index in [-0.39, 0.29) is 30.9 Å². The van der Waals surface area contributed by atoms with Crippen LogP contribution in [0.5, 0.6) is 0 Å². The van der Waals surface area contributed by atoms with Crippen LogP contribution in [0.15, 0.2) is 28.7 Å². The van der Waals surface area contributed by atoms with Crippen molar-refractivity contribution in [2.24, 2.45) is 0 Å². The van der Waals surface area contributed by atoms with Crippen molar-refractivity contribution < 1.29 is 19.1 Å². The van der Waals surface area contributed by atoms with E-state index in [1.807, 2.05) is 24.3 Å². The van der Waals surface area contributed by atoms with E-state index < -0.39 is 6.10 Å². The van der Waals surface area contributed by atoms with Gasteiger partial charge in [-0.15, -0.1) is 0 Å². The van der Waals surface area contributed by atoms with Crippen molar-refractivity contribution in [3.05, 3.63) is 28.7 Å². The summed E-state index contributed by atoms with van der Waals surface area (Å²) >= 11 is 3.34. The van der Waals surface area contributed by atoms with Gasteiger partial charge in [0.25, 0.3) is 0 Å². The van der Waals surface area contributed by atoms with Crippen LogP contribution in [0.25, 0.3) is 0 Å². The summed E-state index contributed by atoms with van der Waals surface area (Å²) in [4.78, 5) is 23.8. The Morgan fingerprint density at radius 3 is 2.76 bits per heavy atom. The highest BCUT2D eigenvalue weighted by Gasteiger charge is 2.18. The van der Waals surface area contributed by atoms with Crippen LogP contribution in [0.1, 0.15) is 32.6 Å². The fraction of sp³-hybridized carbons (Fsp3) is 0.556. The Hall–Kier alpha value is -1.44. The number of rotatable bonds is 8. The molecule has 1 aliphatic rings. The number of hydrogen-bond acceptors (Lipinski definition) is 4. The van der Waals surface area contributed by atoms with Gasteiger partial charge >= 0.3 is 0 Å². The second kappa shape index (κ2) is 10.5. The van der Waals surface area contributed by atoms with Gasteiger partial charge in [0.1, 0.15) is 6.10 Å². The molecule has 138 valence electrons.